The number of aliphatic hydroxyl groups is 4. The Balaban J connectivity index is 2.02. The number of phenols is 1. The van der Waals surface area contributed by atoms with E-state index in [1.165, 1.54) is 6.07 Å². The Morgan fingerprint density at radius 1 is 1.22 bits per heavy atom. The van der Waals surface area contributed by atoms with Crippen LogP contribution in [-0.2, 0) is 9.47 Å². The zero-order chi connectivity index (χ0) is 20.0. The maximum atomic E-state index is 12.4. The lowest BCUT2D eigenvalue weighted by molar-refractivity contribution is -0.277. The highest BCUT2D eigenvalue weighted by Gasteiger charge is 2.45. The summed E-state index contributed by atoms with van der Waals surface area (Å²) in [6.07, 6.45) is -7.51. The van der Waals surface area contributed by atoms with Crippen LogP contribution in [-0.4, -0.2) is 68.8 Å². The molecule has 5 N–H and O–H groups in total. The van der Waals surface area contributed by atoms with Gasteiger partial charge in [-0.05, 0) is 18.1 Å². The van der Waals surface area contributed by atoms with Gasteiger partial charge in [-0.3, -0.25) is 0 Å². The Bertz CT molecular complexity index is 773. The Morgan fingerprint density at radius 3 is 2.52 bits per heavy atom. The van der Waals surface area contributed by atoms with Crippen LogP contribution in [0.3, 0.4) is 0 Å². The summed E-state index contributed by atoms with van der Waals surface area (Å²) < 4.78 is 16.0. The van der Waals surface area contributed by atoms with Crippen LogP contribution in [0.25, 0.3) is 0 Å². The molecule has 0 amide bonds. The summed E-state index contributed by atoms with van der Waals surface area (Å²) in [5.74, 6) is -1.19. The molecule has 9 nitrogen and oxygen atoms in total. The minimum Gasteiger partial charge on any atom is -0.508 e. The highest BCUT2D eigenvalue weighted by Crippen LogP contribution is 2.43. The van der Waals surface area contributed by atoms with Crippen LogP contribution in [0.2, 0.25) is 0 Å². The van der Waals surface area contributed by atoms with E-state index in [1.54, 1.807) is 13.8 Å². The van der Waals surface area contributed by atoms with Crippen LogP contribution < -0.4 is 4.74 Å². The van der Waals surface area contributed by atoms with Crippen LogP contribution in [0.4, 0.5) is 0 Å². The number of esters is 1. The number of rotatable bonds is 3. The van der Waals surface area contributed by atoms with Crippen molar-refractivity contribution >= 4 is 5.97 Å². The van der Waals surface area contributed by atoms with Crippen molar-refractivity contribution in [2.45, 2.75) is 50.5 Å². The molecule has 0 saturated carbocycles. The maximum Gasteiger partial charge on any atom is 0.347 e. The fourth-order valence-corrected chi connectivity index (χ4v) is 3.32. The molecule has 27 heavy (non-hydrogen) atoms. The molecule has 6 unspecified atom stereocenters. The largest absolute Gasteiger partial charge is 0.508 e. The number of carbonyl (C=O) groups excluding carboxylic acids is 1. The van der Waals surface area contributed by atoms with E-state index < -0.39 is 49.2 Å². The summed E-state index contributed by atoms with van der Waals surface area (Å²) in [4.78, 5) is 12.4. The second kappa shape index (κ2) is 7.10. The van der Waals surface area contributed by atoms with Crippen LogP contribution in [0.1, 0.15) is 34.3 Å². The van der Waals surface area contributed by atoms with Crippen molar-refractivity contribution in [1.29, 1.82) is 0 Å². The molecule has 148 valence electrons. The molecule has 0 spiro atoms. The molecule has 9 heteroatoms. The van der Waals surface area contributed by atoms with Crippen molar-refractivity contribution in [3.8, 4) is 11.5 Å². The lowest BCUT2D eigenvalue weighted by Crippen LogP contribution is -2.60. The van der Waals surface area contributed by atoms with Gasteiger partial charge in [0.15, 0.2) is 0 Å². The van der Waals surface area contributed by atoms with Crippen LogP contribution in [0.15, 0.2) is 18.4 Å². The van der Waals surface area contributed by atoms with Gasteiger partial charge in [0, 0.05) is 12.0 Å². The minimum atomic E-state index is -1.66. The number of ether oxygens (including phenoxy) is 3. The number of allylic oxidation sites excluding steroid dienone is 1. The number of aliphatic hydroxyl groups excluding tert-OH is 4. The second-order valence-electron chi connectivity index (χ2n) is 6.70. The summed E-state index contributed by atoms with van der Waals surface area (Å²) in [7, 11) is 0. The minimum absolute atomic E-state index is 0.0437. The zero-order valence-electron chi connectivity index (χ0n) is 14.8. The van der Waals surface area contributed by atoms with Gasteiger partial charge in [0.05, 0.1) is 6.61 Å². The summed E-state index contributed by atoms with van der Waals surface area (Å²) >= 11 is 0. The molecule has 2 aliphatic rings. The normalized spacial score (nSPS) is 33.4. The molecular weight excluding hydrogens is 360 g/mol. The molecule has 1 aromatic carbocycles. The van der Waals surface area contributed by atoms with Gasteiger partial charge >= 0.3 is 5.97 Å². The third kappa shape index (κ3) is 3.17. The van der Waals surface area contributed by atoms with Gasteiger partial charge in [0.2, 0.25) is 6.29 Å². The van der Waals surface area contributed by atoms with Gasteiger partial charge < -0.3 is 39.7 Å². The van der Waals surface area contributed by atoms with E-state index in [0.29, 0.717) is 11.1 Å². The van der Waals surface area contributed by atoms with Crippen molar-refractivity contribution in [1.82, 2.24) is 0 Å². The second-order valence-corrected chi connectivity index (χ2v) is 6.70. The number of fused-ring (bicyclic) bond motifs is 1. The lowest BCUT2D eigenvalue weighted by Gasteiger charge is -2.40. The number of cyclic esters (lactones) is 1. The Hall–Kier alpha value is -2.17. The van der Waals surface area contributed by atoms with Crippen molar-refractivity contribution in [3.05, 3.63) is 35.1 Å². The molecular formula is C18H22O9. The topological polar surface area (TPSA) is 146 Å². The molecule has 1 fully saturated rings. The van der Waals surface area contributed by atoms with E-state index in [9.17, 15) is 30.3 Å². The third-order valence-electron chi connectivity index (χ3n) is 5.01. The summed E-state index contributed by atoms with van der Waals surface area (Å²) in [5.41, 5.74) is 0.967. The standard InChI is InChI=1S/C18H22O9/c1-6-8(3)25-17(24)13-10(4-9(20)7(2)12(6)13)26-18-16(23)15(22)14(21)11(5-19)27-18/h4,6,11,14-16,18-23H,3,5H2,1-2H3. The van der Waals surface area contributed by atoms with Gasteiger partial charge in [-0.1, -0.05) is 13.5 Å². The summed E-state index contributed by atoms with van der Waals surface area (Å²) in [6, 6.07) is 1.18. The fraction of sp³-hybridized carbons (Fsp3) is 0.500. The molecule has 0 radical (unpaired) electrons. The van der Waals surface area contributed by atoms with Gasteiger partial charge in [0.1, 0.15) is 47.2 Å². The number of hydrogen-bond acceptors (Lipinski definition) is 9. The smallest absolute Gasteiger partial charge is 0.347 e. The van der Waals surface area contributed by atoms with Gasteiger partial charge in [0.25, 0.3) is 0 Å². The quantitative estimate of drug-likeness (QED) is 0.443. The molecule has 3 rings (SSSR count). The number of aromatic hydroxyl groups is 1. The predicted molar refractivity (Wildman–Crippen MR) is 90.2 cm³/mol. The Labute approximate surface area is 155 Å². The molecule has 1 saturated heterocycles. The molecule has 2 heterocycles. The first kappa shape index (κ1) is 19.6. The maximum absolute atomic E-state index is 12.4. The summed E-state index contributed by atoms with van der Waals surface area (Å²) in [6.45, 7) is 6.45. The van der Waals surface area contributed by atoms with Crippen molar-refractivity contribution in [3.63, 3.8) is 0 Å². The van der Waals surface area contributed by atoms with E-state index in [-0.39, 0.29) is 22.8 Å². The van der Waals surface area contributed by atoms with Gasteiger partial charge in [-0.2, -0.15) is 0 Å². The van der Waals surface area contributed by atoms with Crippen LogP contribution >= 0.6 is 0 Å². The van der Waals surface area contributed by atoms with Crippen molar-refractivity contribution in [2.24, 2.45) is 0 Å². The fourth-order valence-electron chi connectivity index (χ4n) is 3.32. The first-order valence-corrected chi connectivity index (χ1v) is 8.42. The van der Waals surface area contributed by atoms with E-state index in [2.05, 4.69) is 6.58 Å². The van der Waals surface area contributed by atoms with Crippen molar-refractivity contribution in [2.75, 3.05) is 6.61 Å². The highest BCUT2D eigenvalue weighted by atomic mass is 16.7. The average molecular weight is 382 g/mol. The number of benzene rings is 1. The number of hydrogen-bond donors (Lipinski definition) is 5. The highest BCUT2D eigenvalue weighted by molar-refractivity contribution is 5.97. The van der Waals surface area contributed by atoms with E-state index in [1.807, 2.05) is 0 Å². The van der Waals surface area contributed by atoms with Crippen LogP contribution in [0.5, 0.6) is 11.5 Å². The molecule has 1 aromatic rings. The SMILES string of the molecule is C=C1OC(=O)c2c(OC3OC(CO)C(O)C(O)C3O)cc(O)c(C)c2C1C. The zero-order valence-corrected chi connectivity index (χ0v) is 14.8. The molecule has 2 aliphatic heterocycles. The Morgan fingerprint density at radius 2 is 1.89 bits per heavy atom. The third-order valence-corrected chi connectivity index (χ3v) is 5.01. The molecule has 0 bridgehead atoms. The van der Waals surface area contributed by atoms with Crippen LogP contribution in [0, 0.1) is 6.92 Å². The van der Waals surface area contributed by atoms with E-state index >= 15 is 0 Å². The Kier molecular flexibility index (Phi) is 5.15. The van der Waals surface area contributed by atoms with Gasteiger partial charge in [-0.25, -0.2) is 4.79 Å². The van der Waals surface area contributed by atoms with Crippen molar-refractivity contribution < 1.29 is 44.5 Å². The monoisotopic (exact) mass is 382 g/mol. The molecule has 0 aromatic heterocycles. The first-order chi connectivity index (χ1) is 12.7. The first-order valence-electron chi connectivity index (χ1n) is 8.42. The molecule has 0 aliphatic carbocycles. The van der Waals surface area contributed by atoms with E-state index in [0.717, 1.165) is 0 Å². The lowest BCUT2D eigenvalue weighted by atomic mass is 9.87. The number of phenolic OH excluding ortho intramolecular Hbond substituents is 1. The predicted octanol–water partition coefficient (Wildman–Crippen LogP) is -0.333. The van der Waals surface area contributed by atoms with Gasteiger partial charge in [-0.15, -0.1) is 0 Å². The number of carbonyl (C=O) groups is 1. The summed E-state index contributed by atoms with van der Waals surface area (Å²) in [5, 5.41) is 49.4. The molecule has 6 atom stereocenters. The average Bonchev–Trinajstić information content (AvgIpc) is 2.62. The van der Waals surface area contributed by atoms with E-state index in [4.69, 9.17) is 14.2 Å².